The van der Waals surface area contributed by atoms with Crippen LogP contribution in [-0.4, -0.2) is 85.5 Å². The first kappa shape index (κ1) is 57.3. The van der Waals surface area contributed by atoms with Crippen LogP contribution in [0.25, 0.3) is 27.8 Å². The van der Waals surface area contributed by atoms with Gasteiger partial charge in [-0.05, 0) is 62.9 Å². The minimum absolute atomic E-state index is 0.00489. The molecular formula is C61H72O14Si2. The summed E-state index contributed by atoms with van der Waals surface area (Å²) in [7, 11) is 5.63. The zero-order valence-corrected chi connectivity index (χ0v) is 49.2. The van der Waals surface area contributed by atoms with Crippen LogP contribution in [0.15, 0.2) is 119 Å². The molecule has 0 aliphatic carbocycles. The summed E-state index contributed by atoms with van der Waals surface area (Å²) in [6.07, 6.45) is 0.591. The molecule has 6 aromatic carbocycles. The predicted octanol–water partition coefficient (Wildman–Crippen LogP) is 12.4. The van der Waals surface area contributed by atoms with Gasteiger partial charge in [0.05, 0.1) is 73.0 Å². The standard InChI is InChI=1S/C61H72O14Si2/c1-60(2,3)76(15,16)74-48(58(62)70-13)33-39-32-40(52(56(68-11)49(39)59(63)71-14)72-37-38-26-20-17-21-27-38)34-45(75-77(61(4,5)6,41-28-22-18-23-29-41)42-30-24-19-25-31-42)44-35-43-53(66-9)50-46(64-7)36-47(65-8)55(67-10)51(50)57(69-12)54(43)73-44/h17-33,35-36,45H,34,37H2,1-16H3/b48-33-. The van der Waals surface area contributed by atoms with Crippen molar-refractivity contribution in [3.63, 3.8) is 0 Å². The average Bonchev–Trinajstić information content (AvgIpc) is 3.94. The molecule has 14 nitrogen and oxygen atoms in total. The van der Waals surface area contributed by atoms with Gasteiger partial charge in [-0.15, -0.1) is 0 Å². The second-order valence-electron chi connectivity index (χ2n) is 21.0. The molecule has 0 fully saturated rings. The fourth-order valence-electron chi connectivity index (χ4n) is 9.62. The lowest BCUT2D eigenvalue weighted by atomic mass is 9.96. The zero-order chi connectivity index (χ0) is 56.0. The Morgan fingerprint density at radius 3 is 1.65 bits per heavy atom. The van der Waals surface area contributed by atoms with E-state index in [-0.39, 0.29) is 46.5 Å². The lowest BCUT2D eigenvalue weighted by molar-refractivity contribution is -0.138. The smallest absolute Gasteiger partial charge is 0.371 e. The van der Waals surface area contributed by atoms with E-state index in [9.17, 15) is 9.59 Å². The molecule has 408 valence electrons. The number of furan rings is 1. The third-order valence-electron chi connectivity index (χ3n) is 14.4. The number of esters is 2. The number of methoxy groups -OCH3 is 8. The summed E-state index contributed by atoms with van der Waals surface area (Å²) in [6.45, 7) is 16.9. The molecule has 0 amide bonds. The van der Waals surface area contributed by atoms with Crippen molar-refractivity contribution in [3.05, 3.63) is 143 Å². The van der Waals surface area contributed by atoms with Crippen molar-refractivity contribution in [2.45, 2.75) is 83.8 Å². The molecule has 1 unspecified atom stereocenters. The first-order valence-electron chi connectivity index (χ1n) is 25.3. The monoisotopic (exact) mass is 1080 g/mol. The molecule has 0 saturated carbocycles. The van der Waals surface area contributed by atoms with E-state index in [1.807, 2.05) is 85.9 Å². The maximum Gasteiger partial charge on any atom is 0.371 e. The van der Waals surface area contributed by atoms with E-state index < -0.39 is 39.7 Å². The van der Waals surface area contributed by atoms with E-state index >= 15 is 0 Å². The summed E-state index contributed by atoms with van der Waals surface area (Å²) in [6, 6.07) is 35.6. The van der Waals surface area contributed by atoms with E-state index in [0.717, 1.165) is 15.9 Å². The predicted molar refractivity (Wildman–Crippen MR) is 305 cm³/mol. The largest absolute Gasteiger partial charge is 0.539 e. The number of rotatable bonds is 21. The molecule has 1 heterocycles. The van der Waals surface area contributed by atoms with Gasteiger partial charge >= 0.3 is 11.9 Å². The highest BCUT2D eigenvalue weighted by Crippen LogP contribution is 2.55. The third kappa shape index (κ3) is 11.1. The van der Waals surface area contributed by atoms with Gasteiger partial charge in [0.25, 0.3) is 16.6 Å². The number of fused-ring (bicyclic) bond motifs is 2. The van der Waals surface area contributed by atoms with Crippen molar-refractivity contribution >= 4 is 66.8 Å². The van der Waals surface area contributed by atoms with Gasteiger partial charge < -0.3 is 55.9 Å². The van der Waals surface area contributed by atoms with Gasteiger partial charge in [-0.2, -0.15) is 0 Å². The highest BCUT2D eigenvalue weighted by Gasteiger charge is 2.52. The molecule has 0 bridgehead atoms. The number of ether oxygens (including phenoxy) is 9. The lowest BCUT2D eigenvalue weighted by Crippen LogP contribution is -2.67. The van der Waals surface area contributed by atoms with Gasteiger partial charge in [0.1, 0.15) is 35.5 Å². The Balaban J connectivity index is 1.64. The van der Waals surface area contributed by atoms with Gasteiger partial charge in [-0.25, -0.2) is 9.59 Å². The van der Waals surface area contributed by atoms with Crippen molar-refractivity contribution < 1.29 is 65.5 Å². The molecular weight excluding hydrogens is 1010 g/mol. The van der Waals surface area contributed by atoms with Crippen LogP contribution in [0.5, 0.6) is 40.2 Å². The Bertz CT molecular complexity index is 3210. The van der Waals surface area contributed by atoms with Gasteiger partial charge in [0, 0.05) is 18.1 Å². The molecule has 1 aromatic heterocycles. The lowest BCUT2D eigenvalue weighted by Gasteiger charge is -2.45. The van der Waals surface area contributed by atoms with Gasteiger partial charge in [0.15, 0.2) is 40.1 Å². The van der Waals surface area contributed by atoms with Crippen LogP contribution < -0.4 is 43.5 Å². The summed E-state index contributed by atoms with van der Waals surface area (Å²) in [4.78, 5) is 28.2. The number of carbonyl (C=O) groups is 2. The first-order chi connectivity index (χ1) is 36.7. The molecule has 0 spiro atoms. The fraction of sp³-hybridized carbons (Fsp3) is 0.344. The Morgan fingerprint density at radius 1 is 0.597 bits per heavy atom. The number of hydrogen-bond acceptors (Lipinski definition) is 14. The molecule has 0 aliphatic rings. The van der Waals surface area contributed by atoms with E-state index in [4.69, 9.17) is 55.9 Å². The summed E-state index contributed by atoms with van der Waals surface area (Å²) < 4.78 is 76.4. The molecule has 16 heteroatoms. The van der Waals surface area contributed by atoms with Crippen LogP contribution in [-0.2, 0) is 36.1 Å². The molecule has 77 heavy (non-hydrogen) atoms. The van der Waals surface area contributed by atoms with Gasteiger partial charge in [-0.3, -0.25) is 0 Å². The molecule has 0 saturated heterocycles. The Labute approximate surface area is 454 Å². The average molecular weight is 1090 g/mol. The second kappa shape index (κ2) is 23.5. The number of hydrogen-bond donors (Lipinski definition) is 0. The number of carbonyl (C=O) groups excluding carboxylic acids is 2. The Hall–Kier alpha value is -7.41. The summed E-state index contributed by atoms with van der Waals surface area (Å²) >= 11 is 0. The van der Waals surface area contributed by atoms with Gasteiger partial charge in [0.2, 0.25) is 0 Å². The molecule has 7 aromatic rings. The van der Waals surface area contributed by atoms with Crippen LogP contribution in [0.2, 0.25) is 23.2 Å². The maximum absolute atomic E-state index is 14.3. The van der Waals surface area contributed by atoms with Crippen molar-refractivity contribution in [1.29, 1.82) is 0 Å². The molecule has 0 N–H and O–H groups in total. The van der Waals surface area contributed by atoms with E-state index in [1.165, 1.54) is 27.4 Å². The van der Waals surface area contributed by atoms with Crippen LogP contribution in [0.1, 0.15) is 80.5 Å². The van der Waals surface area contributed by atoms with Crippen LogP contribution >= 0.6 is 0 Å². The second-order valence-corrected chi connectivity index (χ2v) is 30.0. The fourth-order valence-corrected chi connectivity index (χ4v) is 15.3. The minimum atomic E-state index is -3.49. The van der Waals surface area contributed by atoms with Crippen molar-refractivity contribution in [2.75, 3.05) is 56.9 Å². The summed E-state index contributed by atoms with van der Waals surface area (Å²) in [5.41, 5.74) is 1.95. The van der Waals surface area contributed by atoms with Crippen LogP contribution in [0, 0.1) is 0 Å². The maximum atomic E-state index is 14.3. The topological polar surface area (TPSA) is 149 Å². The van der Waals surface area contributed by atoms with Gasteiger partial charge in [-0.1, -0.05) is 133 Å². The molecule has 7 rings (SSSR count). The zero-order valence-electron chi connectivity index (χ0n) is 47.2. The highest BCUT2D eigenvalue weighted by atomic mass is 28.4. The Morgan fingerprint density at radius 2 is 1.16 bits per heavy atom. The SMILES string of the molecule is COC(=O)/C(=C/c1cc(CC(O[Si](c2ccccc2)(c2ccccc2)C(C)(C)C)c2cc3c(OC)c4c(OC)cc(OC)c(OC)c4c(OC)c3o2)c(OCc2ccccc2)c(OC)c1C(=O)OC)O[Si](C)(C)C(C)(C)C. The Kier molecular flexibility index (Phi) is 17.5. The first-order valence-corrected chi connectivity index (χ1v) is 30.1. The van der Waals surface area contributed by atoms with Crippen molar-refractivity contribution in [2.24, 2.45) is 0 Å². The quantitative estimate of drug-likeness (QED) is 0.0291. The number of benzene rings is 6. The van der Waals surface area contributed by atoms with E-state index in [1.54, 1.807) is 47.7 Å². The highest BCUT2D eigenvalue weighted by molar-refractivity contribution is 6.99. The third-order valence-corrected chi connectivity index (χ3v) is 23.8. The van der Waals surface area contributed by atoms with Crippen LogP contribution in [0.3, 0.4) is 0 Å². The van der Waals surface area contributed by atoms with Crippen molar-refractivity contribution in [1.82, 2.24) is 0 Å². The van der Waals surface area contributed by atoms with Crippen LogP contribution in [0.4, 0.5) is 0 Å². The minimum Gasteiger partial charge on any atom is -0.539 e. The van der Waals surface area contributed by atoms with E-state index in [2.05, 4.69) is 65.8 Å². The molecule has 1 atom stereocenters. The molecule has 0 radical (unpaired) electrons. The summed E-state index contributed by atoms with van der Waals surface area (Å²) in [5.74, 6) is 1.09. The van der Waals surface area contributed by atoms with E-state index in [0.29, 0.717) is 61.8 Å². The van der Waals surface area contributed by atoms with Crippen molar-refractivity contribution in [3.8, 4) is 40.2 Å². The normalized spacial score (nSPS) is 12.7. The summed E-state index contributed by atoms with van der Waals surface area (Å²) in [5, 5.41) is 2.80. The molecule has 0 aliphatic heterocycles.